The topological polar surface area (TPSA) is 12.0 Å². The minimum Gasteiger partial charge on any atom is -0.312 e. The smallest absolute Gasteiger partial charge is 0.312 e. The van der Waals surface area contributed by atoms with Crippen LogP contribution in [0.2, 0.25) is 0 Å². The number of hydrogen-bond donors (Lipinski definition) is 1. The fourth-order valence-electron chi connectivity index (χ4n) is 2.13. The Balaban J connectivity index is 1.85. The predicted octanol–water partition coefficient (Wildman–Crippen LogP) is 3.84. The molecule has 1 fully saturated rings. The highest BCUT2D eigenvalue weighted by Gasteiger charge is 2.30. The molecule has 1 aromatic carbocycles. The molecule has 0 saturated heterocycles. The van der Waals surface area contributed by atoms with Gasteiger partial charge in [-0.1, -0.05) is 25.1 Å². The Labute approximate surface area is 105 Å². The lowest BCUT2D eigenvalue weighted by molar-refractivity contribution is -0.137. The van der Waals surface area contributed by atoms with Gasteiger partial charge in [0, 0.05) is 6.54 Å². The van der Waals surface area contributed by atoms with Crippen LogP contribution in [0.1, 0.15) is 30.9 Å². The van der Waals surface area contributed by atoms with E-state index in [1.54, 1.807) is 6.07 Å². The lowest BCUT2D eigenvalue weighted by Gasteiger charge is -2.12. The van der Waals surface area contributed by atoms with Gasteiger partial charge in [0.1, 0.15) is 0 Å². The summed E-state index contributed by atoms with van der Waals surface area (Å²) < 4.78 is 37.5. The first-order chi connectivity index (χ1) is 8.47. The fraction of sp³-hybridized carbons (Fsp3) is 0.571. The maximum atomic E-state index is 12.5. The van der Waals surface area contributed by atoms with Gasteiger partial charge in [0.25, 0.3) is 0 Å². The molecule has 0 heterocycles. The van der Waals surface area contributed by atoms with E-state index in [1.165, 1.54) is 25.0 Å². The van der Waals surface area contributed by atoms with E-state index >= 15 is 0 Å². The van der Waals surface area contributed by atoms with Crippen molar-refractivity contribution in [2.24, 2.45) is 11.8 Å². The predicted molar refractivity (Wildman–Crippen MR) is 65.0 cm³/mol. The summed E-state index contributed by atoms with van der Waals surface area (Å²) in [7, 11) is 0. The molecule has 0 spiro atoms. The Bertz CT molecular complexity index is 396. The van der Waals surface area contributed by atoms with Gasteiger partial charge >= 0.3 is 6.18 Å². The number of rotatable bonds is 5. The molecule has 1 N–H and O–H groups in total. The maximum absolute atomic E-state index is 12.5. The quantitative estimate of drug-likeness (QED) is 0.845. The Morgan fingerprint density at radius 1 is 1.33 bits per heavy atom. The number of hydrogen-bond acceptors (Lipinski definition) is 1. The maximum Gasteiger partial charge on any atom is 0.416 e. The third-order valence-corrected chi connectivity index (χ3v) is 3.48. The van der Waals surface area contributed by atoms with Crippen LogP contribution in [0, 0.1) is 11.8 Å². The first-order valence-electron chi connectivity index (χ1n) is 6.33. The molecule has 2 rings (SSSR count). The second kappa shape index (κ2) is 5.31. The van der Waals surface area contributed by atoms with E-state index < -0.39 is 11.7 Å². The molecule has 0 radical (unpaired) electrons. The van der Waals surface area contributed by atoms with Crippen molar-refractivity contribution in [1.29, 1.82) is 0 Å². The highest BCUT2D eigenvalue weighted by atomic mass is 19.4. The number of halogens is 3. The first kappa shape index (κ1) is 13.4. The zero-order valence-electron chi connectivity index (χ0n) is 10.4. The van der Waals surface area contributed by atoms with Crippen LogP contribution in [-0.2, 0) is 12.7 Å². The van der Waals surface area contributed by atoms with Crippen LogP contribution in [0.5, 0.6) is 0 Å². The molecule has 1 aliphatic rings. The van der Waals surface area contributed by atoms with Crippen LogP contribution in [0.4, 0.5) is 13.2 Å². The summed E-state index contributed by atoms with van der Waals surface area (Å²) in [5.41, 5.74) is 0.116. The van der Waals surface area contributed by atoms with Gasteiger partial charge < -0.3 is 5.32 Å². The van der Waals surface area contributed by atoms with Gasteiger partial charge in [-0.05, 0) is 42.9 Å². The van der Waals surface area contributed by atoms with E-state index in [-0.39, 0.29) is 0 Å². The van der Waals surface area contributed by atoms with E-state index in [2.05, 4.69) is 12.2 Å². The van der Waals surface area contributed by atoms with Gasteiger partial charge in [-0.15, -0.1) is 0 Å². The summed E-state index contributed by atoms with van der Waals surface area (Å²) in [6.07, 6.45) is -1.66. The van der Waals surface area contributed by atoms with Crippen molar-refractivity contribution in [3.63, 3.8) is 0 Å². The Kier molecular flexibility index (Phi) is 3.95. The molecule has 0 amide bonds. The molecule has 0 bridgehead atoms. The first-order valence-corrected chi connectivity index (χ1v) is 6.33. The summed E-state index contributed by atoms with van der Waals surface area (Å²) in [6, 6.07) is 5.51. The minimum atomic E-state index is -4.25. The molecule has 0 aromatic heterocycles. The second-order valence-electron chi connectivity index (χ2n) is 5.14. The van der Waals surface area contributed by atoms with Gasteiger partial charge in [0.15, 0.2) is 0 Å². The summed E-state index contributed by atoms with van der Waals surface area (Å²) in [6.45, 7) is 3.57. The van der Waals surface area contributed by atoms with Crippen molar-refractivity contribution >= 4 is 0 Å². The van der Waals surface area contributed by atoms with Crippen LogP contribution < -0.4 is 5.32 Å². The molecule has 0 aliphatic heterocycles. The van der Waals surface area contributed by atoms with Gasteiger partial charge in [0.2, 0.25) is 0 Å². The van der Waals surface area contributed by atoms with Crippen molar-refractivity contribution < 1.29 is 13.2 Å². The largest absolute Gasteiger partial charge is 0.416 e. The summed E-state index contributed by atoms with van der Waals surface area (Å²) in [5.74, 6) is 1.44. The van der Waals surface area contributed by atoms with Crippen LogP contribution >= 0.6 is 0 Å². The summed E-state index contributed by atoms with van der Waals surface area (Å²) in [5, 5.41) is 3.23. The van der Waals surface area contributed by atoms with Gasteiger partial charge in [-0.3, -0.25) is 0 Å². The standard InChI is InChI=1S/C14H18F3N/c1-10(12-5-6-12)8-18-9-11-3-2-4-13(7-11)14(15,16)17/h2-4,7,10,12,18H,5-6,8-9H2,1H3. The Hall–Kier alpha value is -1.03. The molecule has 1 saturated carbocycles. The molecular formula is C14H18F3N. The van der Waals surface area contributed by atoms with E-state index in [0.29, 0.717) is 18.0 Å². The van der Waals surface area contributed by atoms with Crippen molar-refractivity contribution in [2.45, 2.75) is 32.5 Å². The molecule has 4 heteroatoms. The van der Waals surface area contributed by atoms with Crippen LogP contribution in [0.3, 0.4) is 0 Å². The molecule has 18 heavy (non-hydrogen) atoms. The van der Waals surface area contributed by atoms with E-state index in [9.17, 15) is 13.2 Å². The van der Waals surface area contributed by atoms with Gasteiger partial charge in [-0.25, -0.2) is 0 Å². The number of alkyl halides is 3. The van der Waals surface area contributed by atoms with E-state index in [0.717, 1.165) is 18.5 Å². The third-order valence-electron chi connectivity index (χ3n) is 3.48. The van der Waals surface area contributed by atoms with E-state index in [1.807, 2.05) is 0 Å². The number of nitrogens with one attached hydrogen (secondary N) is 1. The normalized spacial score (nSPS) is 17.8. The Morgan fingerprint density at radius 3 is 2.67 bits per heavy atom. The van der Waals surface area contributed by atoms with Crippen molar-refractivity contribution in [3.8, 4) is 0 Å². The molecule has 1 atom stereocenters. The second-order valence-corrected chi connectivity index (χ2v) is 5.14. The summed E-state index contributed by atoms with van der Waals surface area (Å²) >= 11 is 0. The zero-order valence-corrected chi connectivity index (χ0v) is 10.4. The molecular weight excluding hydrogens is 239 g/mol. The van der Waals surface area contributed by atoms with Crippen LogP contribution in [-0.4, -0.2) is 6.54 Å². The molecule has 100 valence electrons. The van der Waals surface area contributed by atoms with E-state index in [4.69, 9.17) is 0 Å². The number of benzene rings is 1. The average Bonchev–Trinajstić information content (AvgIpc) is 3.12. The molecule has 1 aliphatic carbocycles. The van der Waals surface area contributed by atoms with Gasteiger partial charge in [0.05, 0.1) is 5.56 Å². The SMILES string of the molecule is CC(CNCc1cccc(C(F)(F)F)c1)C1CC1. The monoisotopic (exact) mass is 257 g/mol. The van der Waals surface area contributed by atoms with Crippen molar-refractivity contribution in [1.82, 2.24) is 5.32 Å². The third kappa shape index (κ3) is 3.73. The summed E-state index contributed by atoms with van der Waals surface area (Å²) in [4.78, 5) is 0. The average molecular weight is 257 g/mol. The highest BCUT2D eigenvalue weighted by Crippen LogP contribution is 2.36. The zero-order chi connectivity index (χ0) is 13.2. The Morgan fingerprint density at radius 2 is 2.06 bits per heavy atom. The molecule has 1 aromatic rings. The highest BCUT2D eigenvalue weighted by molar-refractivity contribution is 5.25. The molecule has 1 unspecified atom stereocenters. The van der Waals surface area contributed by atoms with Crippen molar-refractivity contribution in [2.75, 3.05) is 6.54 Å². The molecule has 1 nitrogen and oxygen atoms in total. The van der Waals surface area contributed by atoms with Crippen LogP contribution in [0.15, 0.2) is 24.3 Å². The fourth-order valence-corrected chi connectivity index (χ4v) is 2.13. The van der Waals surface area contributed by atoms with Gasteiger partial charge in [-0.2, -0.15) is 13.2 Å². The lowest BCUT2D eigenvalue weighted by atomic mass is 10.1. The minimum absolute atomic E-state index is 0.501. The lowest BCUT2D eigenvalue weighted by Crippen LogP contribution is -2.22. The van der Waals surface area contributed by atoms with Crippen molar-refractivity contribution in [3.05, 3.63) is 35.4 Å². The van der Waals surface area contributed by atoms with Crippen LogP contribution in [0.25, 0.3) is 0 Å².